The van der Waals surface area contributed by atoms with E-state index in [2.05, 4.69) is 4.72 Å². The Labute approximate surface area is 104 Å². The van der Waals surface area contributed by atoms with Crippen molar-refractivity contribution in [3.05, 3.63) is 17.9 Å². The number of sulfonamides is 1. The van der Waals surface area contributed by atoms with E-state index in [4.69, 9.17) is 14.6 Å². The molecular formula is C10H15NO6S. The number of furan rings is 1. The molecule has 18 heavy (non-hydrogen) atoms. The van der Waals surface area contributed by atoms with Gasteiger partial charge < -0.3 is 14.6 Å². The number of aromatic carboxylic acids is 1. The molecule has 102 valence electrons. The lowest BCUT2D eigenvalue weighted by Crippen LogP contribution is -2.32. The van der Waals surface area contributed by atoms with Gasteiger partial charge in [0.25, 0.3) is 10.0 Å². The van der Waals surface area contributed by atoms with Gasteiger partial charge in [0.05, 0.1) is 0 Å². The van der Waals surface area contributed by atoms with E-state index in [0.717, 1.165) is 12.1 Å². The Balaban J connectivity index is 2.76. The summed E-state index contributed by atoms with van der Waals surface area (Å²) in [7, 11) is -3.86. The zero-order valence-electron chi connectivity index (χ0n) is 9.79. The van der Waals surface area contributed by atoms with Crippen LogP contribution in [0.5, 0.6) is 0 Å². The Hall–Kier alpha value is -1.38. The molecule has 1 rings (SSSR count). The maximum atomic E-state index is 11.8. The molecule has 1 aromatic heterocycles. The van der Waals surface area contributed by atoms with E-state index in [0.29, 0.717) is 12.8 Å². The lowest BCUT2D eigenvalue weighted by molar-refractivity contribution is 0.0656. The largest absolute Gasteiger partial charge is 0.475 e. The summed E-state index contributed by atoms with van der Waals surface area (Å²) < 4.78 is 30.6. The van der Waals surface area contributed by atoms with Gasteiger partial charge in [-0.3, -0.25) is 0 Å². The normalized spacial score (nSPS) is 13.4. The lowest BCUT2D eigenvalue weighted by atomic mass is 10.2. The zero-order valence-corrected chi connectivity index (χ0v) is 10.6. The van der Waals surface area contributed by atoms with Crippen molar-refractivity contribution >= 4 is 16.0 Å². The summed E-state index contributed by atoms with van der Waals surface area (Å²) in [6.45, 7) is 1.63. The first-order valence-corrected chi connectivity index (χ1v) is 6.81. The topological polar surface area (TPSA) is 117 Å². The predicted molar refractivity (Wildman–Crippen MR) is 61.8 cm³/mol. The van der Waals surface area contributed by atoms with Crippen LogP contribution in [0.4, 0.5) is 0 Å². The van der Waals surface area contributed by atoms with Crippen LogP contribution in [-0.4, -0.2) is 37.2 Å². The van der Waals surface area contributed by atoms with Crippen molar-refractivity contribution in [3.63, 3.8) is 0 Å². The quantitative estimate of drug-likeness (QED) is 0.665. The van der Waals surface area contributed by atoms with E-state index in [-0.39, 0.29) is 12.6 Å². The van der Waals surface area contributed by atoms with Gasteiger partial charge in [-0.05, 0) is 31.9 Å². The molecule has 1 atom stereocenters. The highest BCUT2D eigenvalue weighted by molar-refractivity contribution is 7.89. The third-order valence-corrected chi connectivity index (χ3v) is 3.67. The number of aliphatic hydroxyl groups is 1. The number of carboxylic acid groups (broad SMARTS) is 1. The molecule has 0 saturated carbocycles. The number of aliphatic hydroxyl groups excluding tert-OH is 1. The minimum atomic E-state index is -3.86. The van der Waals surface area contributed by atoms with Crippen LogP contribution in [-0.2, 0) is 10.0 Å². The van der Waals surface area contributed by atoms with Gasteiger partial charge >= 0.3 is 5.97 Å². The molecule has 0 bridgehead atoms. The fourth-order valence-corrected chi connectivity index (χ4v) is 2.57. The minimum Gasteiger partial charge on any atom is -0.475 e. The number of carbonyl (C=O) groups is 1. The van der Waals surface area contributed by atoms with E-state index in [1.54, 1.807) is 6.92 Å². The molecule has 8 heteroatoms. The molecule has 0 fully saturated rings. The van der Waals surface area contributed by atoms with E-state index in [1.165, 1.54) is 0 Å². The van der Waals surface area contributed by atoms with Crippen LogP contribution in [0.25, 0.3) is 0 Å². The van der Waals surface area contributed by atoms with E-state index in [1.807, 2.05) is 0 Å². The van der Waals surface area contributed by atoms with Crippen LogP contribution < -0.4 is 4.72 Å². The van der Waals surface area contributed by atoms with Gasteiger partial charge in [0.1, 0.15) is 0 Å². The van der Waals surface area contributed by atoms with Gasteiger partial charge in [-0.2, -0.15) is 0 Å². The van der Waals surface area contributed by atoms with Crippen LogP contribution in [0.15, 0.2) is 21.6 Å². The lowest BCUT2D eigenvalue weighted by Gasteiger charge is -2.11. The second-order valence-corrected chi connectivity index (χ2v) is 5.46. The minimum absolute atomic E-state index is 0.0179. The van der Waals surface area contributed by atoms with Crippen molar-refractivity contribution < 1.29 is 27.8 Å². The molecule has 0 aliphatic heterocycles. The Bertz CT molecular complexity index is 506. The van der Waals surface area contributed by atoms with Gasteiger partial charge in [-0.1, -0.05) is 0 Å². The molecule has 0 amide bonds. The fraction of sp³-hybridized carbons (Fsp3) is 0.500. The highest BCUT2D eigenvalue weighted by atomic mass is 32.2. The molecule has 0 saturated heterocycles. The molecule has 0 aliphatic carbocycles. The molecule has 7 nitrogen and oxygen atoms in total. The number of rotatable bonds is 7. The Kier molecular flexibility index (Phi) is 4.88. The summed E-state index contributed by atoms with van der Waals surface area (Å²) in [5.74, 6) is -1.76. The fourth-order valence-electron chi connectivity index (χ4n) is 1.36. The summed E-state index contributed by atoms with van der Waals surface area (Å²) in [5, 5.41) is 16.8. The monoisotopic (exact) mass is 277 g/mol. The van der Waals surface area contributed by atoms with Gasteiger partial charge in [0, 0.05) is 12.6 Å². The van der Waals surface area contributed by atoms with Gasteiger partial charge in [0.15, 0.2) is 0 Å². The molecule has 1 heterocycles. The number of nitrogens with one attached hydrogen (secondary N) is 1. The number of carboxylic acids is 1. The van der Waals surface area contributed by atoms with Crippen LogP contribution in [0.3, 0.4) is 0 Å². The molecule has 1 aromatic rings. The third kappa shape index (κ3) is 3.83. The van der Waals surface area contributed by atoms with Crippen molar-refractivity contribution in [3.8, 4) is 0 Å². The maximum Gasteiger partial charge on any atom is 0.371 e. The zero-order chi connectivity index (χ0) is 13.8. The number of hydrogen-bond acceptors (Lipinski definition) is 5. The highest BCUT2D eigenvalue weighted by Crippen LogP contribution is 2.14. The second-order valence-electron chi connectivity index (χ2n) is 3.81. The van der Waals surface area contributed by atoms with Crippen molar-refractivity contribution in [1.82, 2.24) is 4.72 Å². The molecule has 3 N–H and O–H groups in total. The summed E-state index contributed by atoms with van der Waals surface area (Å²) in [6.07, 6.45) is 0.949. The first-order valence-electron chi connectivity index (χ1n) is 5.33. The number of hydrogen-bond donors (Lipinski definition) is 3. The van der Waals surface area contributed by atoms with Crippen LogP contribution in [0.1, 0.15) is 30.3 Å². The molecule has 0 aliphatic rings. The standard InChI is InChI=1S/C10H15NO6S/c1-7(3-2-6-12)11-18(15,16)9-5-4-8(17-9)10(13)14/h4-5,7,11-12H,2-3,6H2,1H3,(H,13,14). The van der Waals surface area contributed by atoms with E-state index >= 15 is 0 Å². The average molecular weight is 277 g/mol. The predicted octanol–water partition coefficient (Wildman–Crippen LogP) is 0.417. The summed E-state index contributed by atoms with van der Waals surface area (Å²) in [5.41, 5.74) is 0. The van der Waals surface area contributed by atoms with Crippen LogP contribution in [0.2, 0.25) is 0 Å². The van der Waals surface area contributed by atoms with Crippen molar-refractivity contribution in [2.24, 2.45) is 0 Å². The van der Waals surface area contributed by atoms with Crippen molar-refractivity contribution in [2.45, 2.75) is 30.9 Å². The second kappa shape index (κ2) is 5.98. The molecule has 1 unspecified atom stereocenters. The van der Waals surface area contributed by atoms with Crippen molar-refractivity contribution in [1.29, 1.82) is 0 Å². The first-order chi connectivity index (χ1) is 8.36. The van der Waals surface area contributed by atoms with Crippen molar-refractivity contribution in [2.75, 3.05) is 6.61 Å². The van der Waals surface area contributed by atoms with Gasteiger partial charge in [-0.25, -0.2) is 17.9 Å². The summed E-state index contributed by atoms with van der Waals surface area (Å²) >= 11 is 0. The van der Waals surface area contributed by atoms with Crippen LogP contribution >= 0.6 is 0 Å². The first kappa shape index (κ1) is 14.7. The Morgan fingerprint density at radius 3 is 2.67 bits per heavy atom. The molecule has 0 radical (unpaired) electrons. The molecule has 0 spiro atoms. The third-order valence-electron chi connectivity index (χ3n) is 2.21. The Morgan fingerprint density at radius 2 is 2.17 bits per heavy atom. The molecule has 0 aromatic carbocycles. The molecular weight excluding hydrogens is 262 g/mol. The maximum absolute atomic E-state index is 11.8. The SMILES string of the molecule is CC(CCCO)NS(=O)(=O)c1ccc(C(=O)O)o1. The van der Waals surface area contributed by atoms with Crippen LogP contribution in [0, 0.1) is 0 Å². The Morgan fingerprint density at radius 1 is 1.50 bits per heavy atom. The summed E-state index contributed by atoms with van der Waals surface area (Å²) in [6, 6.07) is 1.79. The smallest absolute Gasteiger partial charge is 0.371 e. The average Bonchev–Trinajstić information content (AvgIpc) is 2.75. The van der Waals surface area contributed by atoms with Gasteiger partial charge in [-0.15, -0.1) is 0 Å². The summed E-state index contributed by atoms with van der Waals surface area (Å²) in [4.78, 5) is 10.6. The highest BCUT2D eigenvalue weighted by Gasteiger charge is 2.22. The van der Waals surface area contributed by atoms with Gasteiger partial charge in [0.2, 0.25) is 10.9 Å². The van der Waals surface area contributed by atoms with E-state index in [9.17, 15) is 13.2 Å². The van der Waals surface area contributed by atoms with E-state index < -0.39 is 26.8 Å².